The van der Waals surface area contributed by atoms with Crippen LogP contribution in [0.15, 0.2) is 16.5 Å². The molecule has 1 aromatic carbocycles. The van der Waals surface area contributed by atoms with E-state index < -0.39 is 0 Å². The molecular formula is C20H29N3O3. The van der Waals surface area contributed by atoms with E-state index >= 15 is 0 Å². The van der Waals surface area contributed by atoms with Crippen LogP contribution in [0.2, 0.25) is 0 Å². The molecule has 1 saturated heterocycles. The average molecular weight is 359 g/mol. The molecule has 1 aromatic heterocycles. The summed E-state index contributed by atoms with van der Waals surface area (Å²) in [5.41, 5.74) is 9.91. The molecule has 1 aliphatic rings. The SMILES string of the molecule is COc1ccc(-c2nc(CN3CCOC(CCN)C3)c(C)o2)c(C)c1C. The molecule has 6 heteroatoms. The number of aromatic nitrogens is 1. The van der Waals surface area contributed by atoms with Crippen LogP contribution >= 0.6 is 0 Å². The fourth-order valence-electron chi connectivity index (χ4n) is 3.43. The zero-order valence-corrected chi connectivity index (χ0v) is 16.2. The minimum Gasteiger partial charge on any atom is -0.496 e. The first-order valence-electron chi connectivity index (χ1n) is 9.18. The van der Waals surface area contributed by atoms with Crippen molar-refractivity contribution in [3.8, 4) is 17.2 Å². The lowest BCUT2D eigenvalue weighted by Gasteiger charge is -2.32. The van der Waals surface area contributed by atoms with Crippen LogP contribution < -0.4 is 10.5 Å². The molecule has 0 bridgehead atoms. The first-order valence-corrected chi connectivity index (χ1v) is 9.18. The Labute approximate surface area is 155 Å². The van der Waals surface area contributed by atoms with Gasteiger partial charge in [0, 0.05) is 25.2 Å². The van der Waals surface area contributed by atoms with Gasteiger partial charge in [-0.1, -0.05) is 0 Å². The Balaban J connectivity index is 1.78. The number of ether oxygens (including phenoxy) is 2. The predicted molar refractivity (Wildman–Crippen MR) is 101 cm³/mol. The van der Waals surface area contributed by atoms with Crippen molar-refractivity contribution in [2.75, 3.05) is 33.4 Å². The van der Waals surface area contributed by atoms with E-state index in [1.54, 1.807) is 7.11 Å². The third-order valence-corrected chi connectivity index (χ3v) is 5.17. The quantitative estimate of drug-likeness (QED) is 0.855. The molecule has 26 heavy (non-hydrogen) atoms. The average Bonchev–Trinajstić information content (AvgIpc) is 2.98. The van der Waals surface area contributed by atoms with Gasteiger partial charge in [-0.3, -0.25) is 4.90 Å². The number of methoxy groups -OCH3 is 1. The van der Waals surface area contributed by atoms with Crippen molar-refractivity contribution in [3.63, 3.8) is 0 Å². The Hall–Kier alpha value is -1.89. The van der Waals surface area contributed by atoms with Crippen LogP contribution in [-0.2, 0) is 11.3 Å². The van der Waals surface area contributed by atoms with Crippen LogP contribution in [0.5, 0.6) is 5.75 Å². The number of oxazole rings is 1. The Morgan fingerprint density at radius 1 is 1.27 bits per heavy atom. The number of rotatable bonds is 6. The van der Waals surface area contributed by atoms with Crippen molar-refractivity contribution in [2.45, 2.75) is 39.8 Å². The number of nitrogens with two attached hydrogens (primary N) is 1. The molecule has 0 radical (unpaired) electrons. The van der Waals surface area contributed by atoms with Crippen molar-refractivity contribution in [1.82, 2.24) is 9.88 Å². The second-order valence-electron chi connectivity index (χ2n) is 6.89. The van der Waals surface area contributed by atoms with Gasteiger partial charge in [-0.25, -0.2) is 4.98 Å². The smallest absolute Gasteiger partial charge is 0.226 e. The highest BCUT2D eigenvalue weighted by molar-refractivity contribution is 5.63. The highest BCUT2D eigenvalue weighted by atomic mass is 16.5. The van der Waals surface area contributed by atoms with Gasteiger partial charge in [-0.2, -0.15) is 0 Å². The zero-order valence-electron chi connectivity index (χ0n) is 16.2. The Bertz CT molecular complexity index is 755. The molecule has 1 aliphatic heterocycles. The number of nitrogens with zero attached hydrogens (tertiary/aromatic N) is 2. The van der Waals surface area contributed by atoms with Crippen molar-refractivity contribution >= 4 is 0 Å². The van der Waals surface area contributed by atoms with Gasteiger partial charge in [0.05, 0.1) is 25.5 Å². The highest BCUT2D eigenvalue weighted by Gasteiger charge is 2.23. The van der Waals surface area contributed by atoms with E-state index in [-0.39, 0.29) is 6.10 Å². The predicted octanol–water partition coefficient (Wildman–Crippen LogP) is 2.83. The van der Waals surface area contributed by atoms with Crippen LogP contribution in [0.3, 0.4) is 0 Å². The van der Waals surface area contributed by atoms with Crippen LogP contribution in [0.25, 0.3) is 11.5 Å². The fourth-order valence-corrected chi connectivity index (χ4v) is 3.43. The molecule has 3 rings (SSSR count). The minimum absolute atomic E-state index is 0.215. The number of hydrogen-bond donors (Lipinski definition) is 1. The summed E-state index contributed by atoms with van der Waals surface area (Å²) < 4.78 is 17.2. The summed E-state index contributed by atoms with van der Waals surface area (Å²) in [6.45, 7) is 10.1. The summed E-state index contributed by atoms with van der Waals surface area (Å²) in [5.74, 6) is 2.43. The van der Waals surface area contributed by atoms with E-state index in [2.05, 4.69) is 18.7 Å². The summed E-state index contributed by atoms with van der Waals surface area (Å²) in [6.07, 6.45) is 1.11. The van der Waals surface area contributed by atoms with Crippen molar-refractivity contribution in [1.29, 1.82) is 0 Å². The van der Waals surface area contributed by atoms with Gasteiger partial charge in [-0.15, -0.1) is 0 Å². The normalized spacial score (nSPS) is 18.3. The van der Waals surface area contributed by atoms with Gasteiger partial charge in [0.2, 0.25) is 5.89 Å². The van der Waals surface area contributed by atoms with E-state index in [4.69, 9.17) is 24.6 Å². The van der Waals surface area contributed by atoms with Crippen LogP contribution in [0.1, 0.15) is 29.0 Å². The maximum absolute atomic E-state index is 6.00. The molecule has 0 spiro atoms. The Kier molecular flexibility index (Phi) is 5.96. The van der Waals surface area contributed by atoms with E-state index in [0.29, 0.717) is 12.4 Å². The molecule has 0 aliphatic carbocycles. The monoisotopic (exact) mass is 359 g/mol. The molecule has 2 aromatic rings. The Morgan fingerprint density at radius 3 is 2.81 bits per heavy atom. The summed E-state index contributed by atoms with van der Waals surface area (Å²) in [4.78, 5) is 7.15. The van der Waals surface area contributed by atoms with Crippen molar-refractivity contribution in [3.05, 3.63) is 34.7 Å². The molecular weight excluding hydrogens is 330 g/mol. The van der Waals surface area contributed by atoms with Gasteiger partial charge in [-0.05, 0) is 57.0 Å². The standard InChI is InChI=1S/C20H29N3O3/c1-13-14(2)19(24-4)6-5-17(13)20-22-18(15(3)26-20)12-23-9-10-25-16(11-23)7-8-21/h5-6,16H,7-12,21H2,1-4H3. The van der Waals surface area contributed by atoms with E-state index in [1.807, 2.05) is 19.1 Å². The lowest BCUT2D eigenvalue weighted by molar-refractivity contribution is -0.0339. The van der Waals surface area contributed by atoms with E-state index in [0.717, 1.165) is 66.6 Å². The van der Waals surface area contributed by atoms with Gasteiger partial charge < -0.3 is 19.6 Å². The first-order chi connectivity index (χ1) is 12.5. The molecule has 0 saturated carbocycles. The van der Waals surface area contributed by atoms with Gasteiger partial charge in [0.1, 0.15) is 11.5 Å². The molecule has 1 unspecified atom stereocenters. The van der Waals surface area contributed by atoms with Crippen LogP contribution in [-0.4, -0.2) is 49.3 Å². The zero-order chi connectivity index (χ0) is 18.7. The summed E-state index contributed by atoms with van der Waals surface area (Å²) >= 11 is 0. The third kappa shape index (κ3) is 3.92. The molecule has 2 heterocycles. The van der Waals surface area contributed by atoms with Crippen LogP contribution in [0, 0.1) is 20.8 Å². The molecule has 0 amide bonds. The molecule has 2 N–H and O–H groups in total. The molecule has 1 fully saturated rings. The van der Waals surface area contributed by atoms with Crippen molar-refractivity contribution in [2.24, 2.45) is 5.73 Å². The van der Waals surface area contributed by atoms with Gasteiger partial charge in [0.25, 0.3) is 0 Å². The minimum atomic E-state index is 0.215. The maximum Gasteiger partial charge on any atom is 0.226 e. The number of morpholine rings is 1. The summed E-state index contributed by atoms with van der Waals surface area (Å²) in [6, 6.07) is 3.98. The number of benzene rings is 1. The molecule has 142 valence electrons. The Morgan fingerprint density at radius 2 is 2.08 bits per heavy atom. The highest BCUT2D eigenvalue weighted by Crippen LogP contribution is 2.31. The fraction of sp³-hybridized carbons (Fsp3) is 0.550. The summed E-state index contributed by atoms with van der Waals surface area (Å²) in [5, 5.41) is 0. The number of hydrogen-bond acceptors (Lipinski definition) is 6. The first kappa shape index (κ1) is 18.9. The van der Waals surface area contributed by atoms with Gasteiger partial charge in [0.15, 0.2) is 0 Å². The van der Waals surface area contributed by atoms with E-state index in [1.165, 1.54) is 0 Å². The van der Waals surface area contributed by atoms with Crippen LogP contribution in [0.4, 0.5) is 0 Å². The molecule has 6 nitrogen and oxygen atoms in total. The van der Waals surface area contributed by atoms with Gasteiger partial charge >= 0.3 is 0 Å². The second-order valence-corrected chi connectivity index (χ2v) is 6.89. The lowest BCUT2D eigenvalue weighted by atomic mass is 10.0. The maximum atomic E-state index is 6.00. The third-order valence-electron chi connectivity index (χ3n) is 5.17. The molecule has 1 atom stereocenters. The number of aryl methyl sites for hydroxylation is 1. The topological polar surface area (TPSA) is 73.8 Å². The van der Waals surface area contributed by atoms with E-state index in [9.17, 15) is 0 Å². The lowest BCUT2D eigenvalue weighted by Crippen LogP contribution is -2.42. The van der Waals surface area contributed by atoms with Crippen molar-refractivity contribution < 1.29 is 13.9 Å². The summed E-state index contributed by atoms with van der Waals surface area (Å²) in [7, 11) is 1.69. The largest absolute Gasteiger partial charge is 0.496 e. The second kappa shape index (κ2) is 8.20.